The summed E-state index contributed by atoms with van der Waals surface area (Å²) in [5.74, 6) is 2.51. The standard InChI is InChI=1S/C13H16ClNO2/c1-3-8-15-13(10-5-4-9(2)16-10)11-6-7-12(14)17-11/h4-7,13,15H,3,8H2,1-2H3. The van der Waals surface area contributed by atoms with Crippen molar-refractivity contribution >= 4 is 11.6 Å². The van der Waals surface area contributed by atoms with Crippen LogP contribution in [0, 0.1) is 6.92 Å². The molecule has 2 aromatic rings. The van der Waals surface area contributed by atoms with Gasteiger partial charge in [0.15, 0.2) is 5.22 Å². The molecule has 0 aliphatic rings. The van der Waals surface area contributed by atoms with E-state index in [9.17, 15) is 0 Å². The van der Waals surface area contributed by atoms with Gasteiger partial charge in [0.2, 0.25) is 0 Å². The topological polar surface area (TPSA) is 38.3 Å². The molecular formula is C13H16ClNO2. The van der Waals surface area contributed by atoms with Crippen LogP contribution in [-0.2, 0) is 0 Å². The van der Waals surface area contributed by atoms with Gasteiger partial charge >= 0.3 is 0 Å². The molecule has 0 amide bonds. The molecule has 2 rings (SSSR count). The zero-order valence-electron chi connectivity index (χ0n) is 10.00. The Morgan fingerprint density at radius 3 is 2.41 bits per heavy atom. The number of aryl methyl sites for hydroxylation is 1. The number of rotatable bonds is 5. The lowest BCUT2D eigenvalue weighted by Crippen LogP contribution is -2.22. The zero-order valence-corrected chi connectivity index (χ0v) is 10.8. The number of halogens is 1. The Bertz CT molecular complexity index is 435. The van der Waals surface area contributed by atoms with Crippen LogP contribution < -0.4 is 5.32 Å². The van der Waals surface area contributed by atoms with E-state index >= 15 is 0 Å². The van der Waals surface area contributed by atoms with E-state index in [0.29, 0.717) is 5.22 Å². The van der Waals surface area contributed by atoms with Gasteiger partial charge in [0.1, 0.15) is 23.3 Å². The average molecular weight is 254 g/mol. The summed E-state index contributed by atoms with van der Waals surface area (Å²) < 4.78 is 11.1. The predicted molar refractivity (Wildman–Crippen MR) is 67.3 cm³/mol. The zero-order chi connectivity index (χ0) is 12.3. The molecule has 1 N–H and O–H groups in total. The first kappa shape index (κ1) is 12.3. The summed E-state index contributed by atoms with van der Waals surface area (Å²) in [5.41, 5.74) is 0. The maximum absolute atomic E-state index is 5.81. The Morgan fingerprint density at radius 1 is 1.18 bits per heavy atom. The Balaban J connectivity index is 2.24. The molecule has 0 radical (unpaired) electrons. The second-order valence-corrected chi connectivity index (χ2v) is 4.35. The molecule has 17 heavy (non-hydrogen) atoms. The minimum Gasteiger partial charge on any atom is -0.464 e. The smallest absolute Gasteiger partial charge is 0.193 e. The minimum absolute atomic E-state index is 0.0730. The highest BCUT2D eigenvalue weighted by Crippen LogP contribution is 2.27. The Hall–Kier alpha value is -1.19. The van der Waals surface area contributed by atoms with Crippen molar-refractivity contribution in [2.75, 3.05) is 6.54 Å². The fourth-order valence-corrected chi connectivity index (χ4v) is 1.87. The van der Waals surface area contributed by atoms with Crippen molar-refractivity contribution in [3.63, 3.8) is 0 Å². The maximum Gasteiger partial charge on any atom is 0.193 e. The third-order valence-electron chi connectivity index (χ3n) is 2.52. The molecule has 0 fully saturated rings. The van der Waals surface area contributed by atoms with Gasteiger partial charge in [-0.05, 0) is 55.8 Å². The summed E-state index contributed by atoms with van der Waals surface area (Å²) in [5, 5.41) is 3.78. The van der Waals surface area contributed by atoms with Crippen molar-refractivity contribution in [3.8, 4) is 0 Å². The van der Waals surface area contributed by atoms with Crippen molar-refractivity contribution in [1.82, 2.24) is 5.32 Å². The first-order chi connectivity index (χ1) is 8.20. The minimum atomic E-state index is -0.0730. The van der Waals surface area contributed by atoms with Crippen LogP contribution in [0.5, 0.6) is 0 Å². The molecule has 0 bridgehead atoms. The van der Waals surface area contributed by atoms with Crippen LogP contribution >= 0.6 is 11.6 Å². The highest BCUT2D eigenvalue weighted by atomic mass is 35.5. The van der Waals surface area contributed by atoms with Crippen LogP contribution in [0.15, 0.2) is 33.1 Å². The van der Waals surface area contributed by atoms with E-state index in [4.69, 9.17) is 20.4 Å². The number of hydrogen-bond acceptors (Lipinski definition) is 3. The number of hydrogen-bond donors (Lipinski definition) is 1. The molecule has 0 saturated heterocycles. The van der Waals surface area contributed by atoms with Gasteiger partial charge in [0.05, 0.1) is 0 Å². The quantitative estimate of drug-likeness (QED) is 0.878. The summed E-state index contributed by atoms with van der Waals surface area (Å²) in [4.78, 5) is 0. The van der Waals surface area contributed by atoms with Crippen molar-refractivity contribution in [2.24, 2.45) is 0 Å². The van der Waals surface area contributed by atoms with Gasteiger partial charge in [-0.25, -0.2) is 0 Å². The molecule has 2 heterocycles. The molecule has 1 unspecified atom stereocenters. The molecule has 1 atom stereocenters. The van der Waals surface area contributed by atoms with Crippen LogP contribution in [0.25, 0.3) is 0 Å². The predicted octanol–water partition coefficient (Wildman–Crippen LogP) is 3.92. The molecule has 0 spiro atoms. The summed E-state index contributed by atoms with van der Waals surface area (Å²) in [6.45, 7) is 4.94. The summed E-state index contributed by atoms with van der Waals surface area (Å²) >= 11 is 5.81. The lowest BCUT2D eigenvalue weighted by molar-refractivity contribution is 0.382. The molecule has 2 aromatic heterocycles. The van der Waals surface area contributed by atoms with Gasteiger partial charge in [-0.1, -0.05) is 6.92 Å². The maximum atomic E-state index is 5.81. The van der Waals surface area contributed by atoms with Crippen molar-refractivity contribution < 1.29 is 8.83 Å². The Morgan fingerprint density at radius 2 is 1.88 bits per heavy atom. The molecule has 0 aliphatic heterocycles. The van der Waals surface area contributed by atoms with Gasteiger partial charge in [-0.15, -0.1) is 0 Å². The third kappa shape index (κ3) is 2.93. The lowest BCUT2D eigenvalue weighted by Gasteiger charge is -2.13. The lowest BCUT2D eigenvalue weighted by atomic mass is 10.1. The van der Waals surface area contributed by atoms with Crippen LogP contribution in [0.1, 0.15) is 36.7 Å². The van der Waals surface area contributed by atoms with Gasteiger partial charge in [0, 0.05) is 0 Å². The first-order valence-corrected chi connectivity index (χ1v) is 6.13. The summed E-state index contributed by atoms with van der Waals surface area (Å²) in [6, 6.07) is 7.44. The van der Waals surface area contributed by atoms with E-state index in [2.05, 4.69) is 12.2 Å². The molecule has 3 nitrogen and oxygen atoms in total. The van der Waals surface area contributed by atoms with Gasteiger partial charge in [-0.3, -0.25) is 0 Å². The Labute approximate surface area is 106 Å². The van der Waals surface area contributed by atoms with E-state index in [1.807, 2.05) is 25.1 Å². The molecular weight excluding hydrogens is 238 g/mol. The Kier molecular flexibility index (Phi) is 3.92. The fraction of sp³-hybridized carbons (Fsp3) is 0.385. The van der Waals surface area contributed by atoms with E-state index in [0.717, 1.165) is 30.2 Å². The highest BCUT2D eigenvalue weighted by molar-refractivity contribution is 6.28. The molecule has 92 valence electrons. The normalized spacial score (nSPS) is 12.9. The fourth-order valence-electron chi connectivity index (χ4n) is 1.72. The summed E-state index contributed by atoms with van der Waals surface area (Å²) in [7, 11) is 0. The van der Waals surface area contributed by atoms with Crippen molar-refractivity contribution in [2.45, 2.75) is 26.3 Å². The SMILES string of the molecule is CCCNC(c1ccc(C)o1)c1ccc(Cl)o1. The third-order valence-corrected chi connectivity index (χ3v) is 2.73. The van der Waals surface area contributed by atoms with Gasteiger partial charge < -0.3 is 14.2 Å². The van der Waals surface area contributed by atoms with Gasteiger partial charge in [0.25, 0.3) is 0 Å². The first-order valence-electron chi connectivity index (χ1n) is 5.75. The van der Waals surface area contributed by atoms with E-state index < -0.39 is 0 Å². The van der Waals surface area contributed by atoms with E-state index in [1.54, 1.807) is 6.07 Å². The summed E-state index contributed by atoms with van der Waals surface area (Å²) in [6.07, 6.45) is 1.05. The van der Waals surface area contributed by atoms with Crippen LogP contribution in [0.4, 0.5) is 0 Å². The molecule has 0 aliphatic carbocycles. The largest absolute Gasteiger partial charge is 0.464 e. The average Bonchev–Trinajstić information content (AvgIpc) is 2.89. The molecule has 0 aromatic carbocycles. The molecule has 4 heteroatoms. The second-order valence-electron chi connectivity index (χ2n) is 3.98. The van der Waals surface area contributed by atoms with Crippen molar-refractivity contribution in [1.29, 1.82) is 0 Å². The van der Waals surface area contributed by atoms with E-state index in [-0.39, 0.29) is 6.04 Å². The van der Waals surface area contributed by atoms with Crippen LogP contribution in [0.2, 0.25) is 5.22 Å². The second kappa shape index (κ2) is 5.43. The van der Waals surface area contributed by atoms with Crippen LogP contribution in [0.3, 0.4) is 0 Å². The van der Waals surface area contributed by atoms with Gasteiger partial charge in [-0.2, -0.15) is 0 Å². The van der Waals surface area contributed by atoms with Crippen molar-refractivity contribution in [3.05, 3.63) is 46.8 Å². The van der Waals surface area contributed by atoms with Crippen LogP contribution in [-0.4, -0.2) is 6.54 Å². The van der Waals surface area contributed by atoms with E-state index in [1.165, 1.54) is 0 Å². The molecule has 0 saturated carbocycles. The number of nitrogens with one attached hydrogen (secondary N) is 1. The number of furan rings is 2. The highest BCUT2D eigenvalue weighted by Gasteiger charge is 2.20. The monoisotopic (exact) mass is 253 g/mol.